The highest BCUT2D eigenvalue weighted by Crippen LogP contribution is 2.39. The van der Waals surface area contributed by atoms with Crippen LogP contribution in [0.3, 0.4) is 0 Å². The van der Waals surface area contributed by atoms with Gasteiger partial charge in [-0.25, -0.2) is 9.97 Å². The fraction of sp³-hybridized carbons (Fsp3) is 0. The molecule has 40 heavy (non-hydrogen) atoms. The molecule has 0 fully saturated rings. The van der Waals surface area contributed by atoms with Crippen molar-refractivity contribution in [2.24, 2.45) is 0 Å². The van der Waals surface area contributed by atoms with Crippen LogP contribution in [-0.2, 0) is 0 Å². The first-order valence-electron chi connectivity index (χ1n) is 13.5. The normalized spacial score (nSPS) is 12.0. The van der Waals surface area contributed by atoms with Gasteiger partial charge in [0.2, 0.25) is 0 Å². The van der Waals surface area contributed by atoms with Crippen LogP contribution in [0.2, 0.25) is 0 Å². The first-order chi connectivity index (χ1) is 19.8. The summed E-state index contributed by atoms with van der Waals surface area (Å²) in [7, 11) is 0. The van der Waals surface area contributed by atoms with Crippen molar-refractivity contribution in [3.05, 3.63) is 133 Å². The lowest BCUT2D eigenvalue weighted by Gasteiger charge is -2.12. The van der Waals surface area contributed by atoms with E-state index in [1.54, 1.807) is 0 Å². The Morgan fingerprint density at radius 2 is 1.12 bits per heavy atom. The van der Waals surface area contributed by atoms with Crippen LogP contribution in [0.5, 0.6) is 0 Å². The van der Waals surface area contributed by atoms with Gasteiger partial charge in [-0.2, -0.15) is 0 Å². The fourth-order valence-corrected chi connectivity index (χ4v) is 6.33. The molecule has 5 aromatic carbocycles. The maximum Gasteiger partial charge on any atom is 0.146 e. The lowest BCUT2D eigenvalue weighted by molar-refractivity contribution is 1.08. The number of aromatic nitrogens is 4. The van der Waals surface area contributed by atoms with Crippen LogP contribution < -0.4 is 0 Å². The van der Waals surface area contributed by atoms with Gasteiger partial charge < -0.3 is 0 Å². The largest absolute Gasteiger partial charge is 0.294 e. The smallest absolute Gasteiger partial charge is 0.146 e. The van der Waals surface area contributed by atoms with Crippen molar-refractivity contribution in [1.82, 2.24) is 18.9 Å². The Labute approximate surface area is 229 Å². The molecule has 0 aliphatic rings. The van der Waals surface area contributed by atoms with Crippen molar-refractivity contribution in [3.63, 3.8) is 0 Å². The van der Waals surface area contributed by atoms with Crippen molar-refractivity contribution < 1.29 is 0 Å². The van der Waals surface area contributed by atoms with Crippen LogP contribution >= 0.6 is 0 Å². The SMILES string of the molecule is c1ccc(-c2cccc(-n3c4ccccc4c4cc5c6ccccc6n6c7ccccc7nc6c5cc43)n2)cc1. The summed E-state index contributed by atoms with van der Waals surface area (Å²) in [5, 5.41) is 5.98. The van der Waals surface area contributed by atoms with E-state index < -0.39 is 0 Å². The van der Waals surface area contributed by atoms with E-state index in [4.69, 9.17) is 9.97 Å². The zero-order chi connectivity index (χ0) is 26.2. The Kier molecular flexibility index (Phi) is 4.30. The molecule has 9 rings (SSSR count). The third-order valence-corrected chi connectivity index (χ3v) is 8.08. The molecular formula is C36H22N4. The highest BCUT2D eigenvalue weighted by molar-refractivity contribution is 6.21. The summed E-state index contributed by atoms with van der Waals surface area (Å²) in [6.07, 6.45) is 0. The predicted molar refractivity (Wildman–Crippen MR) is 165 cm³/mol. The van der Waals surface area contributed by atoms with E-state index in [9.17, 15) is 0 Å². The molecule has 4 nitrogen and oxygen atoms in total. The summed E-state index contributed by atoms with van der Waals surface area (Å²) >= 11 is 0. The van der Waals surface area contributed by atoms with Gasteiger partial charge in [0.15, 0.2) is 0 Å². The average molecular weight is 511 g/mol. The molecule has 0 amide bonds. The van der Waals surface area contributed by atoms with E-state index >= 15 is 0 Å². The second kappa shape index (κ2) is 8.01. The molecule has 4 heterocycles. The lowest BCUT2D eigenvalue weighted by Crippen LogP contribution is -1.99. The quantitative estimate of drug-likeness (QED) is 0.218. The van der Waals surface area contributed by atoms with E-state index in [0.717, 1.165) is 50.2 Å². The van der Waals surface area contributed by atoms with E-state index in [2.05, 4.69) is 136 Å². The van der Waals surface area contributed by atoms with Crippen molar-refractivity contribution in [1.29, 1.82) is 0 Å². The number of nitrogens with zero attached hydrogens (tertiary/aromatic N) is 4. The summed E-state index contributed by atoms with van der Waals surface area (Å²) in [6.45, 7) is 0. The molecule has 0 atom stereocenters. The zero-order valence-corrected chi connectivity index (χ0v) is 21.5. The Balaban J connectivity index is 1.46. The predicted octanol–water partition coefficient (Wildman–Crippen LogP) is 8.95. The standard InChI is InChI=1S/C36H22N4/c1-2-11-23(12-3-1)29-16-10-20-35(37-29)39-31-17-7-5-14-25(31)27-21-26-24-13-4-8-18-32(24)40-33-19-9-6-15-30(33)38-36(40)28(26)22-34(27)39/h1-22H. The van der Waals surface area contributed by atoms with Gasteiger partial charge in [-0.3, -0.25) is 8.97 Å². The molecule has 0 spiro atoms. The molecule has 9 aromatic rings. The number of imidazole rings is 1. The lowest BCUT2D eigenvalue weighted by atomic mass is 10.0. The topological polar surface area (TPSA) is 35.1 Å². The molecule has 186 valence electrons. The third kappa shape index (κ3) is 2.90. The highest BCUT2D eigenvalue weighted by Gasteiger charge is 2.19. The minimum Gasteiger partial charge on any atom is -0.294 e. The van der Waals surface area contributed by atoms with Crippen molar-refractivity contribution >= 4 is 60.2 Å². The molecular weight excluding hydrogens is 488 g/mol. The number of fused-ring (bicyclic) bond motifs is 11. The maximum absolute atomic E-state index is 5.15. The second-order valence-electron chi connectivity index (χ2n) is 10.3. The molecule has 0 N–H and O–H groups in total. The number of rotatable bonds is 2. The number of hydrogen-bond donors (Lipinski definition) is 0. The van der Waals surface area contributed by atoms with E-state index in [1.807, 2.05) is 6.07 Å². The average Bonchev–Trinajstić information content (AvgIpc) is 3.57. The van der Waals surface area contributed by atoms with Crippen molar-refractivity contribution in [2.75, 3.05) is 0 Å². The number of para-hydroxylation sites is 4. The minimum atomic E-state index is 0.900. The van der Waals surface area contributed by atoms with Crippen molar-refractivity contribution in [2.45, 2.75) is 0 Å². The van der Waals surface area contributed by atoms with Gasteiger partial charge in [-0.05, 0) is 53.9 Å². The van der Waals surface area contributed by atoms with Crippen LogP contribution in [0.25, 0.3) is 77.2 Å². The monoisotopic (exact) mass is 510 g/mol. The summed E-state index contributed by atoms with van der Waals surface area (Å²) in [4.78, 5) is 10.3. The summed E-state index contributed by atoms with van der Waals surface area (Å²) in [5.41, 5.74) is 8.57. The van der Waals surface area contributed by atoms with Gasteiger partial charge in [0.25, 0.3) is 0 Å². The molecule has 4 heteroatoms. The van der Waals surface area contributed by atoms with Gasteiger partial charge in [0.1, 0.15) is 11.5 Å². The van der Waals surface area contributed by atoms with Gasteiger partial charge in [0.05, 0.1) is 33.3 Å². The van der Waals surface area contributed by atoms with E-state index in [0.29, 0.717) is 0 Å². The second-order valence-corrected chi connectivity index (χ2v) is 10.3. The molecule has 0 aliphatic carbocycles. The van der Waals surface area contributed by atoms with Gasteiger partial charge in [-0.1, -0.05) is 84.9 Å². The Hall–Kier alpha value is -5.48. The molecule has 0 unspecified atom stereocenters. The highest BCUT2D eigenvalue weighted by atomic mass is 15.1. The van der Waals surface area contributed by atoms with Crippen LogP contribution in [0.4, 0.5) is 0 Å². The fourth-order valence-electron chi connectivity index (χ4n) is 6.33. The molecule has 0 saturated heterocycles. The van der Waals surface area contributed by atoms with Gasteiger partial charge in [-0.15, -0.1) is 0 Å². The van der Waals surface area contributed by atoms with Crippen LogP contribution in [0.15, 0.2) is 133 Å². The van der Waals surface area contributed by atoms with Gasteiger partial charge >= 0.3 is 0 Å². The molecule has 0 aliphatic heterocycles. The maximum atomic E-state index is 5.15. The summed E-state index contributed by atoms with van der Waals surface area (Å²) < 4.78 is 4.60. The molecule has 0 bridgehead atoms. The van der Waals surface area contributed by atoms with E-state index in [-0.39, 0.29) is 0 Å². The van der Waals surface area contributed by atoms with Crippen LogP contribution in [0, 0.1) is 0 Å². The summed E-state index contributed by atoms with van der Waals surface area (Å²) in [6, 6.07) is 47.0. The van der Waals surface area contributed by atoms with Crippen LogP contribution in [-0.4, -0.2) is 18.9 Å². The van der Waals surface area contributed by atoms with Crippen molar-refractivity contribution in [3.8, 4) is 17.1 Å². The van der Waals surface area contributed by atoms with Crippen LogP contribution in [0.1, 0.15) is 0 Å². The first-order valence-corrected chi connectivity index (χ1v) is 13.5. The molecule has 4 aromatic heterocycles. The zero-order valence-electron chi connectivity index (χ0n) is 21.5. The summed E-state index contributed by atoms with van der Waals surface area (Å²) in [5.74, 6) is 0.900. The number of pyridine rings is 2. The number of hydrogen-bond acceptors (Lipinski definition) is 2. The molecule has 0 radical (unpaired) electrons. The first kappa shape index (κ1) is 21.5. The Morgan fingerprint density at radius 3 is 1.98 bits per heavy atom. The number of benzene rings is 5. The minimum absolute atomic E-state index is 0.900. The van der Waals surface area contributed by atoms with Gasteiger partial charge in [0, 0.05) is 27.1 Å². The third-order valence-electron chi connectivity index (χ3n) is 8.08. The van der Waals surface area contributed by atoms with E-state index in [1.165, 1.54) is 27.1 Å². The molecule has 0 saturated carbocycles. The Bertz CT molecular complexity index is 2430. The Morgan fingerprint density at radius 1 is 0.425 bits per heavy atom.